The molecule has 1 aromatic rings. The van der Waals surface area contributed by atoms with Gasteiger partial charge in [-0.1, -0.05) is 13.0 Å². The second-order valence-corrected chi connectivity index (χ2v) is 8.03. The number of carbonyl (C=O) groups is 1. The molecule has 0 spiro atoms. The first-order valence-electron chi connectivity index (χ1n) is 11.3. The third-order valence-corrected chi connectivity index (χ3v) is 5.77. The van der Waals surface area contributed by atoms with E-state index in [0.29, 0.717) is 13.0 Å². The Kier molecular flexibility index (Phi) is 8.22. The van der Waals surface area contributed by atoms with E-state index in [9.17, 15) is 4.79 Å². The number of hydrogen-bond acceptors (Lipinski definition) is 4. The predicted octanol–water partition coefficient (Wildman–Crippen LogP) is 3.08. The molecular formula is C23H36N4O3. The minimum Gasteiger partial charge on any atom is -0.493 e. The van der Waals surface area contributed by atoms with Crippen LogP contribution in [0.15, 0.2) is 23.2 Å². The number of methoxy groups -OCH3 is 1. The highest BCUT2D eigenvalue weighted by molar-refractivity contribution is 5.80. The van der Waals surface area contributed by atoms with Gasteiger partial charge in [-0.15, -0.1) is 0 Å². The monoisotopic (exact) mass is 416 g/mol. The van der Waals surface area contributed by atoms with E-state index in [4.69, 9.17) is 14.5 Å². The van der Waals surface area contributed by atoms with Crippen molar-refractivity contribution in [1.29, 1.82) is 0 Å². The van der Waals surface area contributed by atoms with Crippen molar-refractivity contribution >= 4 is 11.9 Å². The Labute approximate surface area is 180 Å². The van der Waals surface area contributed by atoms with E-state index in [-0.39, 0.29) is 18.1 Å². The average Bonchev–Trinajstić information content (AvgIpc) is 3.44. The Morgan fingerprint density at radius 2 is 2.00 bits per heavy atom. The lowest BCUT2D eigenvalue weighted by Gasteiger charge is -2.19. The third kappa shape index (κ3) is 6.03. The van der Waals surface area contributed by atoms with Gasteiger partial charge < -0.3 is 25.0 Å². The van der Waals surface area contributed by atoms with Crippen LogP contribution in [0.4, 0.5) is 0 Å². The number of amides is 1. The molecule has 0 aromatic heterocycles. The highest BCUT2D eigenvalue weighted by Gasteiger charge is 2.25. The summed E-state index contributed by atoms with van der Waals surface area (Å²) in [7, 11) is 1.68. The lowest BCUT2D eigenvalue weighted by atomic mass is 10.2. The minimum atomic E-state index is 0.217. The maximum atomic E-state index is 11.9. The predicted molar refractivity (Wildman–Crippen MR) is 119 cm³/mol. The van der Waals surface area contributed by atoms with Gasteiger partial charge >= 0.3 is 0 Å². The van der Waals surface area contributed by atoms with Crippen LogP contribution in [0, 0.1) is 0 Å². The molecule has 0 bridgehead atoms. The molecule has 2 aliphatic rings. The molecule has 7 nitrogen and oxygen atoms in total. The second kappa shape index (κ2) is 11.1. The van der Waals surface area contributed by atoms with Crippen molar-refractivity contribution in [2.75, 3.05) is 26.7 Å². The van der Waals surface area contributed by atoms with Crippen molar-refractivity contribution in [1.82, 2.24) is 15.5 Å². The van der Waals surface area contributed by atoms with Crippen LogP contribution in [0.1, 0.15) is 57.9 Å². The van der Waals surface area contributed by atoms with E-state index < -0.39 is 0 Å². The van der Waals surface area contributed by atoms with Crippen LogP contribution < -0.4 is 20.1 Å². The number of nitrogens with zero attached hydrogens (tertiary/aromatic N) is 2. The molecule has 166 valence electrons. The van der Waals surface area contributed by atoms with Crippen LogP contribution in [0.2, 0.25) is 0 Å². The number of ether oxygens (including phenoxy) is 2. The highest BCUT2D eigenvalue weighted by atomic mass is 16.5. The number of likely N-dealkylation sites (tertiary alicyclic amines) is 1. The molecule has 1 unspecified atom stereocenters. The van der Waals surface area contributed by atoms with Crippen molar-refractivity contribution in [2.45, 2.75) is 71.1 Å². The summed E-state index contributed by atoms with van der Waals surface area (Å²) in [6.07, 6.45) is 6.47. The molecular weight excluding hydrogens is 380 g/mol. The number of hydrogen-bond donors (Lipinski definition) is 2. The Morgan fingerprint density at radius 3 is 2.70 bits per heavy atom. The van der Waals surface area contributed by atoms with E-state index in [1.807, 2.05) is 30.0 Å². The van der Waals surface area contributed by atoms with Gasteiger partial charge in [0.25, 0.3) is 0 Å². The van der Waals surface area contributed by atoms with Crippen LogP contribution in [-0.2, 0) is 11.3 Å². The fourth-order valence-corrected chi connectivity index (χ4v) is 4.11. The van der Waals surface area contributed by atoms with Crippen LogP contribution in [0.5, 0.6) is 11.5 Å². The molecule has 1 aliphatic heterocycles. The van der Waals surface area contributed by atoms with E-state index in [1.54, 1.807) is 7.11 Å². The van der Waals surface area contributed by atoms with Crippen molar-refractivity contribution in [3.05, 3.63) is 23.8 Å². The van der Waals surface area contributed by atoms with Crippen molar-refractivity contribution in [2.24, 2.45) is 4.99 Å². The van der Waals surface area contributed by atoms with E-state index in [2.05, 4.69) is 17.6 Å². The van der Waals surface area contributed by atoms with Crippen molar-refractivity contribution < 1.29 is 14.3 Å². The summed E-state index contributed by atoms with van der Waals surface area (Å²) >= 11 is 0. The van der Waals surface area contributed by atoms with Crippen LogP contribution in [0.25, 0.3) is 0 Å². The van der Waals surface area contributed by atoms with Gasteiger partial charge in [-0.05, 0) is 56.7 Å². The van der Waals surface area contributed by atoms with Gasteiger partial charge in [0.15, 0.2) is 17.5 Å². The number of guanidine groups is 1. The van der Waals surface area contributed by atoms with Gasteiger partial charge in [0.1, 0.15) is 0 Å². The van der Waals surface area contributed by atoms with Gasteiger partial charge in [-0.2, -0.15) is 0 Å². The standard InChI is InChI=1S/C23H36N4O3/c1-4-22(28)27-13-12-18(16-27)26-23(24-5-2)25-15-17-10-11-20(29-3)21(14-17)30-19-8-6-7-9-19/h10-11,14,18-19H,4-9,12-13,15-16H2,1-3H3,(H2,24,25,26). The highest BCUT2D eigenvalue weighted by Crippen LogP contribution is 2.32. The summed E-state index contributed by atoms with van der Waals surface area (Å²) in [5.41, 5.74) is 1.08. The molecule has 1 amide bonds. The van der Waals surface area contributed by atoms with Gasteiger partial charge in [0.2, 0.25) is 5.91 Å². The quantitative estimate of drug-likeness (QED) is 0.503. The molecule has 1 aliphatic carbocycles. The zero-order valence-electron chi connectivity index (χ0n) is 18.6. The minimum absolute atomic E-state index is 0.217. The van der Waals surface area contributed by atoms with Gasteiger partial charge in [0.05, 0.1) is 19.8 Å². The zero-order chi connectivity index (χ0) is 21.3. The first kappa shape index (κ1) is 22.2. The van der Waals surface area contributed by atoms with Crippen LogP contribution in [0.3, 0.4) is 0 Å². The molecule has 7 heteroatoms. The smallest absolute Gasteiger partial charge is 0.222 e. The summed E-state index contributed by atoms with van der Waals surface area (Å²) < 4.78 is 11.7. The summed E-state index contributed by atoms with van der Waals surface area (Å²) in [5, 5.41) is 6.79. The van der Waals surface area contributed by atoms with Crippen molar-refractivity contribution in [3.63, 3.8) is 0 Å². The van der Waals surface area contributed by atoms with Gasteiger partial charge in [0, 0.05) is 32.1 Å². The molecule has 2 fully saturated rings. The average molecular weight is 417 g/mol. The Morgan fingerprint density at radius 1 is 1.20 bits per heavy atom. The second-order valence-electron chi connectivity index (χ2n) is 8.03. The maximum Gasteiger partial charge on any atom is 0.222 e. The van der Waals surface area contributed by atoms with Crippen LogP contribution in [-0.4, -0.2) is 55.7 Å². The summed E-state index contributed by atoms with van der Waals surface area (Å²) in [6.45, 7) is 6.84. The fraction of sp³-hybridized carbons (Fsp3) is 0.652. The van der Waals surface area contributed by atoms with Crippen LogP contribution >= 0.6 is 0 Å². The molecule has 0 radical (unpaired) electrons. The van der Waals surface area contributed by atoms with Gasteiger partial charge in [-0.3, -0.25) is 4.79 Å². The van der Waals surface area contributed by atoms with E-state index >= 15 is 0 Å². The summed E-state index contributed by atoms with van der Waals surface area (Å²) in [4.78, 5) is 18.6. The number of rotatable bonds is 8. The van der Waals surface area contributed by atoms with E-state index in [1.165, 1.54) is 12.8 Å². The molecule has 3 rings (SSSR count). The fourth-order valence-electron chi connectivity index (χ4n) is 4.11. The Bertz CT molecular complexity index is 731. The third-order valence-electron chi connectivity index (χ3n) is 5.77. The van der Waals surface area contributed by atoms with Gasteiger partial charge in [-0.25, -0.2) is 4.99 Å². The largest absolute Gasteiger partial charge is 0.493 e. The SMILES string of the molecule is CCNC(=NCc1ccc(OC)c(OC2CCCC2)c1)NC1CCN(C(=O)CC)C1. The Balaban J connectivity index is 1.63. The molecule has 1 saturated carbocycles. The molecule has 1 aromatic carbocycles. The normalized spacial score (nSPS) is 19.8. The number of aliphatic imine (C=N–C) groups is 1. The Hall–Kier alpha value is -2.44. The lowest BCUT2D eigenvalue weighted by Crippen LogP contribution is -2.45. The topological polar surface area (TPSA) is 75.2 Å². The zero-order valence-corrected chi connectivity index (χ0v) is 18.6. The molecule has 30 heavy (non-hydrogen) atoms. The molecule has 1 atom stereocenters. The lowest BCUT2D eigenvalue weighted by molar-refractivity contribution is -0.129. The molecule has 1 saturated heterocycles. The molecule has 1 heterocycles. The van der Waals surface area contributed by atoms with E-state index in [0.717, 1.165) is 61.9 Å². The summed E-state index contributed by atoms with van der Waals surface area (Å²) in [5.74, 6) is 2.57. The number of benzene rings is 1. The first-order chi connectivity index (χ1) is 14.6. The summed E-state index contributed by atoms with van der Waals surface area (Å²) in [6, 6.07) is 6.27. The van der Waals surface area contributed by atoms with Crippen molar-refractivity contribution in [3.8, 4) is 11.5 Å². The maximum absolute atomic E-state index is 11.9. The first-order valence-corrected chi connectivity index (χ1v) is 11.3. The molecule has 2 N–H and O–H groups in total. The number of carbonyl (C=O) groups excluding carboxylic acids is 1. The number of nitrogens with one attached hydrogen (secondary N) is 2.